The molecule has 3 rings (SSSR count). The summed E-state index contributed by atoms with van der Waals surface area (Å²) < 4.78 is 66.9. The number of aliphatic hydroxyl groups excluding tert-OH is 3. The van der Waals surface area contributed by atoms with Gasteiger partial charge in [-0.25, -0.2) is 0 Å². The third-order valence-corrected chi connectivity index (χ3v) is 3.39. The van der Waals surface area contributed by atoms with Crippen LogP contribution in [0.2, 0.25) is 0 Å². The summed E-state index contributed by atoms with van der Waals surface area (Å²) in [6, 6.07) is -5.43. The van der Waals surface area contributed by atoms with Crippen LogP contribution in [0.4, 0.5) is 0 Å². The van der Waals surface area contributed by atoms with Gasteiger partial charge in [-0.3, -0.25) is 0 Å². The summed E-state index contributed by atoms with van der Waals surface area (Å²) in [6.07, 6.45) is -5.77. The summed E-state index contributed by atoms with van der Waals surface area (Å²) in [5.41, 5.74) is 5.79. The van der Waals surface area contributed by atoms with Crippen molar-refractivity contribution in [2.24, 2.45) is 5.73 Å². The van der Waals surface area contributed by atoms with Crippen molar-refractivity contribution in [1.82, 2.24) is 0 Å². The molecule has 6 heteroatoms. The Morgan fingerprint density at radius 2 is 1.86 bits per heavy atom. The lowest BCUT2D eigenvalue weighted by Crippen LogP contribution is -2.63. The molecule has 5 atom stereocenters. The predicted molar refractivity (Wildman–Crippen MR) is 80.3 cm³/mol. The first-order chi connectivity index (χ1) is 13.5. The minimum atomic E-state index is -1.54. The number of fused-ring (bicyclic) bond motifs is 1. The van der Waals surface area contributed by atoms with Crippen LogP contribution in [0.1, 0.15) is 9.60 Å². The van der Waals surface area contributed by atoms with Gasteiger partial charge in [0.2, 0.25) is 6.29 Å². The highest BCUT2D eigenvalue weighted by Crippen LogP contribution is 2.25. The molecule has 1 aliphatic heterocycles. The van der Waals surface area contributed by atoms with Crippen molar-refractivity contribution >= 4 is 10.8 Å². The van der Waals surface area contributed by atoms with Crippen molar-refractivity contribution in [2.75, 3.05) is 6.61 Å². The number of hydrogen-bond acceptors (Lipinski definition) is 6. The first kappa shape index (κ1) is 8.81. The van der Waals surface area contributed by atoms with E-state index in [0.29, 0.717) is 0 Å². The van der Waals surface area contributed by atoms with Gasteiger partial charge >= 0.3 is 0 Å². The van der Waals surface area contributed by atoms with E-state index in [0.717, 1.165) is 0 Å². The van der Waals surface area contributed by atoms with Crippen molar-refractivity contribution in [3.63, 3.8) is 0 Å². The molecule has 2 aromatic rings. The van der Waals surface area contributed by atoms with Crippen LogP contribution in [0.5, 0.6) is 5.75 Å². The highest BCUT2D eigenvalue weighted by Gasteiger charge is 2.43. The van der Waals surface area contributed by atoms with E-state index in [1.807, 2.05) is 0 Å². The van der Waals surface area contributed by atoms with Gasteiger partial charge in [-0.2, -0.15) is 0 Å². The Labute approximate surface area is 137 Å². The third kappa shape index (κ3) is 2.79. The van der Waals surface area contributed by atoms with Gasteiger partial charge in [0.05, 0.1) is 22.2 Å². The molecule has 6 nitrogen and oxygen atoms in total. The Kier molecular flexibility index (Phi) is 2.48. The van der Waals surface area contributed by atoms with Crippen LogP contribution in [-0.4, -0.2) is 52.6 Å². The minimum Gasteiger partial charge on any atom is -0.463 e. The summed E-state index contributed by atoms with van der Waals surface area (Å²) in [6.45, 7) is -0.665. The lowest BCUT2D eigenvalue weighted by atomic mass is 9.98. The number of aliphatic hydroxyl groups is 3. The molecule has 0 aliphatic carbocycles. The van der Waals surface area contributed by atoms with Gasteiger partial charge in [-0.15, -0.1) is 0 Å². The zero-order chi connectivity index (χ0) is 21.8. The summed E-state index contributed by atoms with van der Waals surface area (Å²) >= 11 is 0. The first-order valence-electron chi connectivity index (χ1n) is 10.1. The Balaban J connectivity index is 2.16. The van der Waals surface area contributed by atoms with Crippen molar-refractivity contribution in [2.45, 2.75) is 30.6 Å². The molecule has 0 bridgehead atoms. The highest BCUT2D eigenvalue weighted by molar-refractivity contribution is 5.83. The predicted octanol–water partition coefficient (Wildman–Crippen LogP) is -0.0151. The Hall–Kier alpha value is -1.70. The maximum absolute atomic E-state index is 10.0. The lowest BCUT2D eigenvalue weighted by molar-refractivity contribution is -0.239. The molecule has 0 amide bonds. The van der Waals surface area contributed by atoms with E-state index < -0.39 is 85.3 Å². The van der Waals surface area contributed by atoms with Crippen molar-refractivity contribution in [1.29, 1.82) is 0 Å². The second-order valence-corrected chi connectivity index (χ2v) is 4.86. The van der Waals surface area contributed by atoms with Gasteiger partial charge in [-0.05, 0) is 22.9 Å². The fourth-order valence-electron chi connectivity index (χ4n) is 2.15. The van der Waals surface area contributed by atoms with E-state index in [-0.39, 0.29) is 10.8 Å². The van der Waals surface area contributed by atoms with Gasteiger partial charge in [0.1, 0.15) is 24.1 Å². The van der Waals surface area contributed by atoms with Gasteiger partial charge in [0.15, 0.2) is 0 Å². The van der Waals surface area contributed by atoms with Gasteiger partial charge in [-0.1, -0.05) is 30.2 Å². The second kappa shape index (κ2) is 6.20. The van der Waals surface area contributed by atoms with Crippen LogP contribution in [0.3, 0.4) is 0 Å². The molecule has 0 aromatic heterocycles. The summed E-state index contributed by atoms with van der Waals surface area (Å²) in [5.74, 6) is -0.534. The Morgan fingerprint density at radius 3 is 2.59 bits per heavy atom. The monoisotopic (exact) mass is 312 g/mol. The molecule has 0 unspecified atom stereocenters. The molecule has 0 spiro atoms. The normalized spacial score (nSPS) is 36.5. The van der Waals surface area contributed by atoms with E-state index in [9.17, 15) is 15.3 Å². The molecule has 22 heavy (non-hydrogen) atoms. The number of benzene rings is 2. The van der Waals surface area contributed by atoms with E-state index in [2.05, 4.69) is 0 Å². The van der Waals surface area contributed by atoms with Crippen LogP contribution in [-0.2, 0) is 4.74 Å². The largest absolute Gasteiger partial charge is 0.463 e. The van der Waals surface area contributed by atoms with Gasteiger partial charge in [0.25, 0.3) is 0 Å². The molecule has 1 aliphatic rings. The average molecular weight is 312 g/mol. The number of rotatable bonds is 3. The maximum Gasteiger partial charge on any atom is 0.218 e. The smallest absolute Gasteiger partial charge is 0.218 e. The molecule has 0 radical (unpaired) electrons. The topological polar surface area (TPSA) is 105 Å². The van der Waals surface area contributed by atoms with Crippen LogP contribution in [0, 0.1) is 0 Å². The van der Waals surface area contributed by atoms with Crippen molar-refractivity contribution in [3.05, 3.63) is 42.3 Å². The standard InChI is InChI=1S/C16H19NO5/c17-13-15(20)14(19)12(8-18)22-16(13)21-11-6-5-9-3-1-2-4-10(9)7-11/h1-7,12-16,18-20H,8,17H2/t12-,13-,14-,15-,16+/m1/s1/i1D,2D,3D,4D,5D,6D,7D. The number of hydrogen-bond donors (Lipinski definition) is 4. The zero-order valence-corrected chi connectivity index (χ0v) is 11.3. The van der Waals surface area contributed by atoms with E-state index in [1.165, 1.54) is 0 Å². The van der Waals surface area contributed by atoms with Crippen LogP contribution in [0.15, 0.2) is 42.3 Å². The summed E-state index contributed by atoms with van der Waals surface area (Å²) in [4.78, 5) is 0. The van der Waals surface area contributed by atoms with Gasteiger partial charge in [0, 0.05) is 0 Å². The van der Waals surface area contributed by atoms with Crippen LogP contribution >= 0.6 is 0 Å². The molecule has 2 aromatic carbocycles. The number of nitrogens with two attached hydrogens (primary N) is 1. The minimum absolute atomic E-state index is 0.295. The summed E-state index contributed by atoms with van der Waals surface area (Å²) in [5, 5.41) is 28.6. The molecule has 0 saturated carbocycles. The average Bonchev–Trinajstić information content (AvgIpc) is 2.70. The zero-order valence-electron chi connectivity index (χ0n) is 18.3. The molecule has 118 valence electrons. The SMILES string of the molecule is [2H]c1c([2H])c([2H])c2c([2H])c(O[C@H]3O[C@H](CO)[C@@H](O)[C@H](O)[C@H]3N)c([2H])c([2H])c2c1[2H]. The van der Waals surface area contributed by atoms with Crippen LogP contribution < -0.4 is 10.5 Å². The maximum atomic E-state index is 10.0. The van der Waals surface area contributed by atoms with E-state index in [1.54, 1.807) is 0 Å². The lowest BCUT2D eigenvalue weighted by Gasteiger charge is -2.40. The highest BCUT2D eigenvalue weighted by atomic mass is 16.7. The summed E-state index contributed by atoms with van der Waals surface area (Å²) in [7, 11) is 0. The van der Waals surface area contributed by atoms with E-state index >= 15 is 0 Å². The molecular formula is C16H19NO5. The van der Waals surface area contributed by atoms with Crippen LogP contribution in [0.25, 0.3) is 10.8 Å². The van der Waals surface area contributed by atoms with Crippen molar-refractivity contribution < 1.29 is 34.4 Å². The third-order valence-electron chi connectivity index (χ3n) is 3.39. The van der Waals surface area contributed by atoms with Crippen molar-refractivity contribution in [3.8, 4) is 5.75 Å². The first-order valence-corrected chi connectivity index (χ1v) is 6.57. The molecular weight excluding hydrogens is 286 g/mol. The fourth-order valence-corrected chi connectivity index (χ4v) is 2.15. The molecule has 5 N–H and O–H groups in total. The second-order valence-electron chi connectivity index (χ2n) is 4.86. The van der Waals surface area contributed by atoms with Gasteiger partial charge < -0.3 is 30.5 Å². The number of ether oxygens (including phenoxy) is 2. The Morgan fingerprint density at radius 1 is 1.14 bits per heavy atom. The molecule has 1 saturated heterocycles. The molecule has 1 heterocycles. The Bertz CT molecular complexity index is 973. The fraction of sp³-hybridized carbons (Fsp3) is 0.375. The van der Waals surface area contributed by atoms with E-state index in [4.69, 9.17) is 24.8 Å². The molecule has 1 fully saturated rings. The quantitative estimate of drug-likeness (QED) is 0.635.